The molecule has 0 saturated heterocycles. The predicted molar refractivity (Wildman–Crippen MR) is 132 cm³/mol. The first-order valence-electron chi connectivity index (χ1n) is 11.7. The van der Waals surface area contributed by atoms with Crippen molar-refractivity contribution in [2.45, 2.75) is 58.7 Å². The first-order chi connectivity index (χ1) is 16.5. The number of nitrogens with one attached hydrogen (secondary N) is 1. The van der Waals surface area contributed by atoms with Crippen LogP contribution in [-0.2, 0) is 16.1 Å². The van der Waals surface area contributed by atoms with Crippen LogP contribution in [0.4, 0.5) is 0 Å². The number of ether oxygens (including phenoxy) is 1. The highest BCUT2D eigenvalue weighted by Gasteiger charge is 2.35. The largest absolute Gasteiger partial charge is 0.497 e. The fraction of sp³-hybridized carbons (Fsp3) is 0.407. The van der Waals surface area contributed by atoms with E-state index in [9.17, 15) is 19.2 Å². The van der Waals surface area contributed by atoms with E-state index in [-0.39, 0.29) is 43.1 Å². The number of methoxy groups -OCH3 is 1. The molecule has 0 spiro atoms. The van der Waals surface area contributed by atoms with Crippen molar-refractivity contribution in [3.8, 4) is 5.75 Å². The normalized spacial score (nSPS) is 13.9. The van der Waals surface area contributed by atoms with Gasteiger partial charge in [0.05, 0.1) is 18.2 Å². The fourth-order valence-electron chi connectivity index (χ4n) is 4.00. The predicted octanol–water partition coefficient (Wildman–Crippen LogP) is 3.40. The van der Waals surface area contributed by atoms with Gasteiger partial charge in [0.15, 0.2) is 0 Å². The third kappa shape index (κ3) is 6.26. The number of carbonyl (C=O) groups excluding carboxylic acids is 4. The Morgan fingerprint density at radius 2 is 1.66 bits per heavy atom. The van der Waals surface area contributed by atoms with Crippen molar-refractivity contribution in [2.24, 2.45) is 0 Å². The van der Waals surface area contributed by atoms with Crippen molar-refractivity contribution in [2.75, 3.05) is 13.7 Å². The summed E-state index contributed by atoms with van der Waals surface area (Å²) < 4.78 is 5.29. The van der Waals surface area contributed by atoms with Gasteiger partial charge in [-0.05, 0) is 63.9 Å². The van der Waals surface area contributed by atoms with Gasteiger partial charge in [-0.2, -0.15) is 0 Å². The quantitative estimate of drug-likeness (QED) is 0.556. The van der Waals surface area contributed by atoms with Gasteiger partial charge >= 0.3 is 0 Å². The number of hydrogen-bond acceptors (Lipinski definition) is 5. The molecule has 0 aliphatic carbocycles. The topological polar surface area (TPSA) is 96.0 Å². The number of carbonyl (C=O) groups is 4. The van der Waals surface area contributed by atoms with E-state index in [0.29, 0.717) is 23.3 Å². The minimum Gasteiger partial charge on any atom is -0.497 e. The summed E-state index contributed by atoms with van der Waals surface area (Å²) in [4.78, 5) is 54.1. The van der Waals surface area contributed by atoms with Crippen LogP contribution in [0.25, 0.3) is 0 Å². The SMILES string of the molecule is COc1cccc(CN(C(=O)CCCN2C(=O)c3ccccc3C2=O)[C@H](C)C(=O)NC(C)(C)C)c1. The van der Waals surface area contributed by atoms with Crippen molar-refractivity contribution in [3.05, 3.63) is 65.2 Å². The summed E-state index contributed by atoms with van der Waals surface area (Å²) in [6.07, 6.45) is 0.386. The second kappa shape index (κ2) is 10.7. The van der Waals surface area contributed by atoms with Crippen molar-refractivity contribution < 1.29 is 23.9 Å². The molecule has 0 radical (unpaired) electrons. The number of rotatable bonds is 9. The number of benzene rings is 2. The molecule has 3 rings (SSSR count). The molecule has 2 aromatic rings. The summed E-state index contributed by atoms with van der Waals surface area (Å²) in [5.74, 6) is -0.518. The molecule has 2 aromatic carbocycles. The van der Waals surface area contributed by atoms with Gasteiger partial charge in [-0.15, -0.1) is 0 Å². The molecule has 35 heavy (non-hydrogen) atoms. The molecule has 4 amide bonds. The Labute approximate surface area is 206 Å². The van der Waals surface area contributed by atoms with Crippen LogP contribution in [-0.4, -0.2) is 58.7 Å². The average Bonchev–Trinajstić information content (AvgIpc) is 3.06. The summed E-state index contributed by atoms with van der Waals surface area (Å²) in [6.45, 7) is 7.70. The summed E-state index contributed by atoms with van der Waals surface area (Å²) in [5.41, 5.74) is 1.15. The molecule has 0 aromatic heterocycles. The highest BCUT2D eigenvalue weighted by Crippen LogP contribution is 2.23. The Balaban J connectivity index is 1.70. The molecule has 0 fully saturated rings. The van der Waals surface area contributed by atoms with Crippen LogP contribution in [0.2, 0.25) is 0 Å². The maximum absolute atomic E-state index is 13.3. The van der Waals surface area contributed by atoms with Crippen LogP contribution in [0.15, 0.2) is 48.5 Å². The van der Waals surface area contributed by atoms with Crippen LogP contribution in [0.1, 0.15) is 66.8 Å². The van der Waals surface area contributed by atoms with Gasteiger partial charge in [-0.25, -0.2) is 0 Å². The number of fused-ring (bicyclic) bond motifs is 1. The lowest BCUT2D eigenvalue weighted by Gasteiger charge is -2.31. The molecule has 1 atom stereocenters. The second-order valence-corrected chi connectivity index (χ2v) is 9.70. The van der Waals surface area contributed by atoms with Gasteiger partial charge in [0.2, 0.25) is 11.8 Å². The lowest BCUT2D eigenvalue weighted by atomic mass is 10.1. The summed E-state index contributed by atoms with van der Waals surface area (Å²) in [6, 6.07) is 13.3. The summed E-state index contributed by atoms with van der Waals surface area (Å²) >= 11 is 0. The molecule has 1 aliphatic heterocycles. The Hall–Kier alpha value is -3.68. The van der Waals surface area contributed by atoms with Crippen LogP contribution >= 0.6 is 0 Å². The number of hydrogen-bond donors (Lipinski definition) is 1. The number of nitrogens with zero attached hydrogens (tertiary/aromatic N) is 2. The van der Waals surface area contributed by atoms with E-state index < -0.39 is 11.6 Å². The Bertz CT molecular complexity index is 1090. The second-order valence-electron chi connectivity index (χ2n) is 9.70. The van der Waals surface area contributed by atoms with Crippen molar-refractivity contribution in [1.82, 2.24) is 15.1 Å². The van der Waals surface area contributed by atoms with Crippen LogP contribution < -0.4 is 10.1 Å². The smallest absolute Gasteiger partial charge is 0.261 e. The zero-order valence-corrected chi connectivity index (χ0v) is 21.0. The molecule has 1 heterocycles. The molecule has 0 unspecified atom stereocenters. The van der Waals surface area contributed by atoms with E-state index in [2.05, 4.69) is 5.32 Å². The third-order valence-electron chi connectivity index (χ3n) is 5.80. The molecule has 186 valence electrons. The van der Waals surface area contributed by atoms with Gasteiger partial charge in [0.1, 0.15) is 11.8 Å². The van der Waals surface area contributed by atoms with Gasteiger partial charge in [0, 0.05) is 25.0 Å². The lowest BCUT2D eigenvalue weighted by molar-refractivity contribution is -0.141. The van der Waals surface area contributed by atoms with Gasteiger partial charge in [0.25, 0.3) is 11.8 Å². The minimum absolute atomic E-state index is 0.0878. The average molecular weight is 480 g/mol. The van der Waals surface area contributed by atoms with E-state index in [0.717, 1.165) is 5.56 Å². The molecular weight excluding hydrogens is 446 g/mol. The number of imide groups is 1. The molecule has 1 N–H and O–H groups in total. The molecule has 0 saturated carbocycles. The Morgan fingerprint density at radius 3 is 2.23 bits per heavy atom. The molecular formula is C27H33N3O5. The Kier molecular flexibility index (Phi) is 7.94. The molecule has 8 heteroatoms. The zero-order valence-electron chi connectivity index (χ0n) is 21.0. The zero-order chi connectivity index (χ0) is 25.8. The standard InChI is InChI=1S/C27H33N3O5/c1-18(24(32)28-27(2,3)4)30(17-19-10-8-11-20(16-19)35-5)23(31)14-9-15-29-25(33)21-12-6-7-13-22(21)26(29)34/h6-8,10-13,16,18H,9,14-15,17H2,1-5H3,(H,28,32)/t18-/m1/s1. The monoisotopic (exact) mass is 479 g/mol. The van der Waals surface area contributed by atoms with Crippen LogP contribution in [0, 0.1) is 0 Å². The van der Waals surface area contributed by atoms with E-state index in [4.69, 9.17) is 4.74 Å². The van der Waals surface area contributed by atoms with E-state index in [1.54, 1.807) is 38.3 Å². The number of amides is 4. The Morgan fingerprint density at radius 1 is 1.03 bits per heavy atom. The molecule has 8 nitrogen and oxygen atoms in total. The summed E-state index contributed by atoms with van der Waals surface area (Å²) in [5, 5.41) is 2.93. The van der Waals surface area contributed by atoms with E-state index >= 15 is 0 Å². The maximum Gasteiger partial charge on any atom is 0.261 e. The van der Waals surface area contributed by atoms with Gasteiger partial charge in [-0.3, -0.25) is 24.1 Å². The van der Waals surface area contributed by atoms with E-state index in [1.807, 2.05) is 45.0 Å². The first-order valence-corrected chi connectivity index (χ1v) is 11.7. The lowest BCUT2D eigenvalue weighted by Crippen LogP contribution is -2.52. The molecule has 0 bridgehead atoms. The van der Waals surface area contributed by atoms with Crippen LogP contribution in [0.5, 0.6) is 5.75 Å². The van der Waals surface area contributed by atoms with Crippen molar-refractivity contribution >= 4 is 23.6 Å². The van der Waals surface area contributed by atoms with Crippen molar-refractivity contribution in [3.63, 3.8) is 0 Å². The van der Waals surface area contributed by atoms with Gasteiger partial charge in [-0.1, -0.05) is 24.3 Å². The molecule has 1 aliphatic rings. The highest BCUT2D eigenvalue weighted by atomic mass is 16.5. The van der Waals surface area contributed by atoms with Gasteiger partial charge < -0.3 is 15.0 Å². The fourth-order valence-corrected chi connectivity index (χ4v) is 4.00. The van der Waals surface area contributed by atoms with Crippen molar-refractivity contribution in [1.29, 1.82) is 0 Å². The highest BCUT2D eigenvalue weighted by molar-refractivity contribution is 6.21. The third-order valence-corrected chi connectivity index (χ3v) is 5.80. The van der Waals surface area contributed by atoms with Crippen LogP contribution in [0.3, 0.4) is 0 Å². The summed E-state index contributed by atoms with van der Waals surface area (Å²) in [7, 11) is 1.57. The maximum atomic E-state index is 13.3. The van der Waals surface area contributed by atoms with E-state index in [1.165, 1.54) is 9.80 Å². The minimum atomic E-state index is -0.716. The first kappa shape index (κ1) is 25.9.